The number of anilines is 1. The number of aromatic nitrogens is 1. The van der Waals surface area contributed by atoms with Gasteiger partial charge in [-0.1, -0.05) is 30.3 Å². The highest BCUT2D eigenvalue weighted by molar-refractivity contribution is 6.07. The van der Waals surface area contributed by atoms with E-state index in [1.165, 1.54) is 24.5 Å². The lowest BCUT2D eigenvalue weighted by molar-refractivity contribution is -0.141. The van der Waals surface area contributed by atoms with Gasteiger partial charge < -0.3 is 9.15 Å². The second-order valence-corrected chi connectivity index (χ2v) is 5.55. The van der Waals surface area contributed by atoms with Gasteiger partial charge in [0.2, 0.25) is 5.89 Å². The Balaban J connectivity index is 1.92. The summed E-state index contributed by atoms with van der Waals surface area (Å²) in [5.41, 5.74) is 0.612. The van der Waals surface area contributed by atoms with E-state index in [9.17, 15) is 14.0 Å². The average Bonchev–Trinajstić information content (AvgIpc) is 3.17. The number of ether oxygens (including phenoxy) is 1. The van der Waals surface area contributed by atoms with Crippen molar-refractivity contribution in [3.05, 3.63) is 72.4 Å². The molecule has 0 fully saturated rings. The zero-order valence-electron chi connectivity index (χ0n) is 14.6. The molecule has 0 unspecified atom stereocenters. The lowest BCUT2D eigenvalue weighted by Gasteiger charge is -2.21. The Morgan fingerprint density at radius 2 is 1.81 bits per heavy atom. The van der Waals surface area contributed by atoms with Gasteiger partial charge in [0, 0.05) is 5.56 Å². The number of nitrogens with zero attached hydrogens (tertiary/aromatic N) is 2. The second kappa shape index (κ2) is 8.27. The normalized spacial score (nSPS) is 10.4. The summed E-state index contributed by atoms with van der Waals surface area (Å²) in [6.45, 7) is 1.36. The molecule has 0 radical (unpaired) electrons. The summed E-state index contributed by atoms with van der Waals surface area (Å²) in [4.78, 5) is 30.0. The van der Waals surface area contributed by atoms with Gasteiger partial charge in [0.1, 0.15) is 18.6 Å². The van der Waals surface area contributed by atoms with E-state index in [2.05, 4.69) is 4.98 Å². The Labute approximate surface area is 155 Å². The molecule has 0 saturated heterocycles. The zero-order valence-corrected chi connectivity index (χ0v) is 14.6. The molecular weight excluding hydrogens is 351 g/mol. The minimum Gasteiger partial charge on any atom is -0.465 e. The number of carbonyl (C=O) groups is 2. The van der Waals surface area contributed by atoms with Crippen LogP contribution in [0.25, 0.3) is 11.5 Å². The standard InChI is InChI=1S/C20H17FN2O4/c1-2-26-18(24)12-23(17-11-7-6-10-15(17)21)20(25)16-13-27-19(22-16)14-8-4-3-5-9-14/h3-11,13H,2,12H2,1H3. The van der Waals surface area contributed by atoms with Crippen LogP contribution in [0.3, 0.4) is 0 Å². The maximum Gasteiger partial charge on any atom is 0.326 e. The van der Waals surface area contributed by atoms with Crippen LogP contribution < -0.4 is 4.90 Å². The number of benzene rings is 2. The molecule has 0 atom stereocenters. The van der Waals surface area contributed by atoms with E-state index in [0.29, 0.717) is 5.56 Å². The van der Waals surface area contributed by atoms with Crippen LogP contribution in [0.2, 0.25) is 0 Å². The molecule has 6 nitrogen and oxygen atoms in total. The molecule has 0 aliphatic heterocycles. The number of halogens is 1. The molecule has 0 N–H and O–H groups in total. The first-order valence-corrected chi connectivity index (χ1v) is 8.33. The molecule has 0 aliphatic carbocycles. The molecule has 27 heavy (non-hydrogen) atoms. The SMILES string of the molecule is CCOC(=O)CN(C(=O)c1coc(-c2ccccc2)n1)c1ccccc1F. The molecule has 2 aromatic carbocycles. The van der Waals surface area contributed by atoms with E-state index in [-0.39, 0.29) is 23.9 Å². The van der Waals surface area contributed by atoms with Crippen LogP contribution in [-0.4, -0.2) is 30.0 Å². The van der Waals surface area contributed by atoms with E-state index in [1.807, 2.05) is 18.2 Å². The number of oxazole rings is 1. The molecule has 1 aromatic heterocycles. The maximum atomic E-state index is 14.2. The van der Waals surface area contributed by atoms with E-state index < -0.39 is 24.2 Å². The monoisotopic (exact) mass is 368 g/mol. The van der Waals surface area contributed by atoms with Crippen LogP contribution in [0.4, 0.5) is 10.1 Å². The number of carbonyl (C=O) groups excluding carboxylic acids is 2. The van der Waals surface area contributed by atoms with E-state index >= 15 is 0 Å². The third-order valence-electron chi connectivity index (χ3n) is 3.72. The third kappa shape index (κ3) is 4.20. The number of amides is 1. The van der Waals surface area contributed by atoms with Gasteiger partial charge in [-0.2, -0.15) is 0 Å². The fourth-order valence-electron chi connectivity index (χ4n) is 2.50. The van der Waals surface area contributed by atoms with Gasteiger partial charge >= 0.3 is 5.97 Å². The second-order valence-electron chi connectivity index (χ2n) is 5.55. The van der Waals surface area contributed by atoms with Crippen molar-refractivity contribution in [3.63, 3.8) is 0 Å². The summed E-state index contributed by atoms with van der Waals surface area (Å²) >= 11 is 0. The Morgan fingerprint density at radius 1 is 1.11 bits per heavy atom. The Hall–Kier alpha value is -3.48. The van der Waals surface area contributed by atoms with Crippen molar-refractivity contribution in [2.75, 3.05) is 18.1 Å². The Morgan fingerprint density at radius 3 is 2.52 bits per heavy atom. The summed E-state index contributed by atoms with van der Waals surface area (Å²) in [5, 5.41) is 0. The predicted octanol–water partition coefficient (Wildman–Crippen LogP) is 3.69. The maximum absolute atomic E-state index is 14.2. The first kappa shape index (κ1) is 18.3. The summed E-state index contributed by atoms with van der Waals surface area (Å²) in [7, 11) is 0. The molecule has 0 aliphatic rings. The Kier molecular flexibility index (Phi) is 5.61. The van der Waals surface area contributed by atoms with Gasteiger partial charge in [-0.05, 0) is 31.2 Å². The number of rotatable bonds is 6. The number of para-hydroxylation sites is 1. The number of esters is 1. The Bertz CT molecular complexity index is 940. The molecule has 0 spiro atoms. The highest BCUT2D eigenvalue weighted by Crippen LogP contribution is 2.23. The lowest BCUT2D eigenvalue weighted by Crippen LogP contribution is -2.37. The molecule has 1 heterocycles. The van der Waals surface area contributed by atoms with Crippen LogP contribution in [0, 0.1) is 5.82 Å². The molecule has 7 heteroatoms. The van der Waals surface area contributed by atoms with E-state index in [4.69, 9.17) is 9.15 Å². The molecule has 3 rings (SSSR count). The molecule has 0 bridgehead atoms. The number of hydrogen-bond donors (Lipinski definition) is 0. The predicted molar refractivity (Wildman–Crippen MR) is 96.6 cm³/mol. The summed E-state index contributed by atoms with van der Waals surface area (Å²) in [6, 6.07) is 14.7. The topological polar surface area (TPSA) is 72.6 Å². The van der Waals surface area contributed by atoms with Crippen LogP contribution in [0.15, 0.2) is 65.3 Å². The van der Waals surface area contributed by atoms with E-state index in [0.717, 1.165) is 4.90 Å². The highest BCUT2D eigenvalue weighted by Gasteiger charge is 2.26. The smallest absolute Gasteiger partial charge is 0.326 e. The summed E-state index contributed by atoms with van der Waals surface area (Å²) < 4.78 is 24.5. The lowest BCUT2D eigenvalue weighted by atomic mass is 10.2. The van der Waals surface area contributed by atoms with Crippen molar-refractivity contribution in [1.82, 2.24) is 4.98 Å². The van der Waals surface area contributed by atoms with Crippen molar-refractivity contribution in [2.45, 2.75) is 6.92 Å². The fraction of sp³-hybridized carbons (Fsp3) is 0.150. The number of hydrogen-bond acceptors (Lipinski definition) is 5. The third-order valence-corrected chi connectivity index (χ3v) is 3.72. The molecule has 3 aromatic rings. The summed E-state index contributed by atoms with van der Waals surface area (Å²) in [6.07, 6.45) is 1.18. The van der Waals surface area contributed by atoms with Gasteiger partial charge in [0.05, 0.1) is 12.3 Å². The minimum atomic E-state index is -0.668. The van der Waals surface area contributed by atoms with Gasteiger partial charge in [-0.25, -0.2) is 9.37 Å². The first-order chi connectivity index (χ1) is 13.1. The highest BCUT2D eigenvalue weighted by atomic mass is 19.1. The average molecular weight is 368 g/mol. The van der Waals surface area contributed by atoms with Crippen LogP contribution in [0.5, 0.6) is 0 Å². The van der Waals surface area contributed by atoms with Crippen molar-refractivity contribution in [3.8, 4) is 11.5 Å². The van der Waals surface area contributed by atoms with Gasteiger partial charge in [-0.3, -0.25) is 14.5 Å². The summed E-state index contributed by atoms with van der Waals surface area (Å²) in [5.74, 6) is -1.70. The van der Waals surface area contributed by atoms with Crippen LogP contribution in [0.1, 0.15) is 17.4 Å². The van der Waals surface area contributed by atoms with Gasteiger partial charge in [0.25, 0.3) is 5.91 Å². The van der Waals surface area contributed by atoms with Gasteiger partial charge in [-0.15, -0.1) is 0 Å². The molecule has 0 saturated carbocycles. The fourth-order valence-corrected chi connectivity index (χ4v) is 2.50. The van der Waals surface area contributed by atoms with Crippen molar-refractivity contribution in [2.24, 2.45) is 0 Å². The minimum absolute atomic E-state index is 0.0404. The molecular formula is C20H17FN2O4. The largest absolute Gasteiger partial charge is 0.465 e. The van der Waals surface area contributed by atoms with Crippen LogP contribution in [-0.2, 0) is 9.53 Å². The zero-order chi connectivity index (χ0) is 19.2. The van der Waals surface area contributed by atoms with Crippen molar-refractivity contribution in [1.29, 1.82) is 0 Å². The molecule has 138 valence electrons. The van der Waals surface area contributed by atoms with Gasteiger partial charge in [0.15, 0.2) is 5.69 Å². The first-order valence-electron chi connectivity index (χ1n) is 8.33. The molecule has 1 amide bonds. The van der Waals surface area contributed by atoms with Crippen molar-refractivity contribution >= 4 is 17.6 Å². The quantitative estimate of drug-likeness (QED) is 0.621. The van der Waals surface area contributed by atoms with E-state index in [1.54, 1.807) is 25.1 Å². The van der Waals surface area contributed by atoms with Crippen molar-refractivity contribution < 1.29 is 23.1 Å². The van der Waals surface area contributed by atoms with Crippen LogP contribution >= 0.6 is 0 Å².